The molecule has 61 heavy (non-hydrogen) atoms. The average molecular weight is 795 g/mol. The van der Waals surface area contributed by atoms with Crippen molar-refractivity contribution < 1.29 is 4.74 Å². The lowest BCUT2D eigenvalue weighted by Crippen LogP contribution is -2.32. The number of nitrogens with zero attached hydrogens (tertiary/aromatic N) is 2. The van der Waals surface area contributed by atoms with Gasteiger partial charge in [-0.25, -0.2) is 9.97 Å². The van der Waals surface area contributed by atoms with Crippen molar-refractivity contribution in [2.45, 2.75) is 5.41 Å². The largest absolute Gasteiger partial charge is 0.457 e. The minimum Gasteiger partial charge on any atom is -0.457 e. The van der Waals surface area contributed by atoms with Crippen LogP contribution in [-0.4, -0.2) is 9.97 Å². The van der Waals surface area contributed by atoms with Crippen molar-refractivity contribution in [3.05, 3.63) is 229 Å². The lowest BCUT2D eigenvalue weighted by atomic mass is 9.66. The van der Waals surface area contributed by atoms with Gasteiger partial charge in [0, 0.05) is 32.3 Å². The van der Waals surface area contributed by atoms with E-state index in [0.717, 1.165) is 55.1 Å². The van der Waals surface area contributed by atoms with E-state index >= 15 is 0 Å². The molecule has 4 heteroatoms. The molecule has 0 atom stereocenters. The molecule has 0 radical (unpaired) electrons. The lowest BCUT2D eigenvalue weighted by Gasteiger charge is -2.39. The van der Waals surface area contributed by atoms with E-state index in [1.165, 1.54) is 65.7 Å². The summed E-state index contributed by atoms with van der Waals surface area (Å²) in [5.41, 5.74) is 15.7. The predicted octanol–water partition coefficient (Wildman–Crippen LogP) is 15.1. The molecule has 1 spiro atoms. The molecule has 1 aliphatic heterocycles. The Hall–Kier alpha value is -7.66. The summed E-state index contributed by atoms with van der Waals surface area (Å²) < 4.78 is 8.87. The quantitative estimate of drug-likeness (QED) is 0.178. The van der Waals surface area contributed by atoms with Crippen LogP contribution in [0, 0.1) is 0 Å². The molecular formula is C57H34N2OS. The van der Waals surface area contributed by atoms with Gasteiger partial charge >= 0.3 is 0 Å². The predicted molar refractivity (Wildman–Crippen MR) is 252 cm³/mol. The summed E-state index contributed by atoms with van der Waals surface area (Å²) in [5, 5.41) is 3.50. The third-order valence-corrected chi connectivity index (χ3v) is 14.0. The van der Waals surface area contributed by atoms with Gasteiger partial charge in [-0.1, -0.05) is 182 Å². The second-order valence-electron chi connectivity index (χ2n) is 16.0. The van der Waals surface area contributed by atoms with Gasteiger partial charge < -0.3 is 4.74 Å². The number of fused-ring (bicyclic) bond motifs is 13. The second-order valence-corrected chi connectivity index (χ2v) is 17.0. The van der Waals surface area contributed by atoms with Crippen LogP contribution in [0.5, 0.6) is 11.5 Å². The first-order chi connectivity index (χ1) is 30.2. The molecule has 0 unspecified atom stereocenters. The van der Waals surface area contributed by atoms with Gasteiger partial charge in [0.1, 0.15) is 11.5 Å². The normalized spacial score (nSPS) is 13.2. The Balaban J connectivity index is 0.996. The van der Waals surface area contributed by atoms with E-state index in [-0.39, 0.29) is 0 Å². The Morgan fingerprint density at radius 2 is 0.934 bits per heavy atom. The summed E-state index contributed by atoms with van der Waals surface area (Å²) in [5.74, 6) is 2.53. The first-order valence-corrected chi connectivity index (χ1v) is 21.5. The zero-order valence-electron chi connectivity index (χ0n) is 32.8. The Bertz CT molecular complexity index is 3520. The minimum atomic E-state index is -0.496. The monoisotopic (exact) mass is 794 g/mol. The van der Waals surface area contributed by atoms with Crippen molar-refractivity contribution in [2.24, 2.45) is 0 Å². The first-order valence-electron chi connectivity index (χ1n) is 20.7. The van der Waals surface area contributed by atoms with Crippen molar-refractivity contribution in [1.29, 1.82) is 0 Å². The second kappa shape index (κ2) is 13.2. The van der Waals surface area contributed by atoms with Gasteiger partial charge in [0.2, 0.25) is 0 Å². The minimum absolute atomic E-state index is 0.496. The Kier molecular flexibility index (Phi) is 7.39. The van der Waals surface area contributed by atoms with Crippen LogP contribution in [0.25, 0.3) is 87.1 Å². The van der Waals surface area contributed by atoms with Gasteiger partial charge in [0.05, 0.1) is 21.3 Å². The molecule has 1 aliphatic carbocycles. The number of aromatic nitrogens is 2. The van der Waals surface area contributed by atoms with Crippen LogP contribution >= 0.6 is 11.3 Å². The molecule has 284 valence electrons. The van der Waals surface area contributed by atoms with E-state index in [2.05, 4.69) is 206 Å². The molecule has 3 heterocycles. The number of ether oxygens (including phenoxy) is 1. The Labute approximate surface area is 356 Å². The van der Waals surface area contributed by atoms with Crippen molar-refractivity contribution in [3.8, 4) is 67.5 Å². The van der Waals surface area contributed by atoms with Gasteiger partial charge in [-0.3, -0.25) is 0 Å². The molecule has 0 bridgehead atoms. The lowest BCUT2D eigenvalue weighted by molar-refractivity contribution is 0.436. The fourth-order valence-electron chi connectivity index (χ4n) is 10.1. The van der Waals surface area contributed by atoms with E-state index in [9.17, 15) is 0 Å². The Morgan fingerprint density at radius 3 is 1.70 bits per heavy atom. The SMILES string of the molecule is c1ccc(-c2ccc(-c3nc(-c4ccc(-c5ccc6c(c5)-c5ccccc5C65c6ccccc6Oc6ccccc65)c5ccccc45)c4sc5ccccc5c4n3)cc2)cc1. The zero-order valence-corrected chi connectivity index (χ0v) is 33.7. The number of para-hydroxylation sites is 2. The molecule has 0 N–H and O–H groups in total. The third kappa shape index (κ3) is 4.97. The van der Waals surface area contributed by atoms with Crippen molar-refractivity contribution >= 4 is 42.4 Å². The van der Waals surface area contributed by atoms with Gasteiger partial charge in [-0.05, 0) is 79.5 Å². The summed E-state index contributed by atoms with van der Waals surface area (Å²) in [6.45, 7) is 0. The maximum absolute atomic E-state index is 6.57. The maximum Gasteiger partial charge on any atom is 0.160 e. The highest BCUT2D eigenvalue weighted by atomic mass is 32.1. The van der Waals surface area contributed by atoms with Crippen molar-refractivity contribution in [2.75, 3.05) is 0 Å². The fourth-order valence-corrected chi connectivity index (χ4v) is 11.3. The standard InChI is InChI=1S/C57H34N2OS/c1-2-14-35(15-3-1)36-26-28-37(29-27-36)56-58-53(55-54(59-56)44-19-7-13-25-52(44)61-55)43-32-31-39(40-16-4-5-17-41(40)43)38-30-33-47-45(34-38)42-18-6-8-20-46(42)57(47)48-21-9-11-23-50(48)60-51-24-12-10-22-49(51)57/h1-34H. The molecule has 9 aromatic carbocycles. The number of thiophene rings is 1. The molecule has 13 rings (SSSR count). The average Bonchev–Trinajstić information content (AvgIpc) is 3.85. The van der Waals surface area contributed by atoms with E-state index in [4.69, 9.17) is 14.7 Å². The highest BCUT2D eigenvalue weighted by molar-refractivity contribution is 7.26. The van der Waals surface area contributed by atoms with Crippen LogP contribution in [0.15, 0.2) is 206 Å². The fraction of sp³-hybridized carbons (Fsp3) is 0.0175. The molecular weight excluding hydrogens is 761 g/mol. The highest BCUT2D eigenvalue weighted by Gasteiger charge is 2.51. The van der Waals surface area contributed by atoms with Gasteiger partial charge in [-0.15, -0.1) is 11.3 Å². The number of hydrogen-bond acceptors (Lipinski definition) is 4. The third-order valence-electron chi connectivity index (χ3n) is 12.8. The van der Waals surface area contributed by atoms with E-state index in [1.54, 1.807) is 11.3 Å². The molecule has 0 saturated carbocycles. The van der Waals surface area contributed by atoms with Crippen LogP contribution in [0.4, 0.5) is 0 Å². The first kappa shape index (κ1) is 34.2. The van der Waals surface area contributed by atoms with Gasteiger partial charge in [-0.2, -0.15) is 0 Å². The van der Waals surface area contributed by atoms with Crippen molar-refractivity contribution in [3.63, 3.8) is 0 Å². The van der Waals surface area contributed by atoms with Gasteiger partial charge in [0.15, 0.2) is 5.82 Å². The molecule has 0 saturated heterocycles. The zero-order chi connectivity index (χ0) is 40.1. The summed E-state index contributed by atoms with van der Waals surface area (Å²) in [6.07, 6.45) is 0. The summed E-state index contributed by atoms with van der Waals surface area (Å²) >= 11 is 1.77. The molecule has 3 nitrogen and oxygen atoms in total. The molecule has 11 aromatic rings. The van der Waals surface area contributed by atoms with E-state index in [1.807, 2.05) is 0 Å². The van der Waals surface area contributed by atoms with Crippen LogP contribution in [-0.2, 0) is 5.41 Å². The van der Waals surface area contributed by atoms with Crippen LogP contribution in [0.2, 0.25) is 0 Å². The highest BCUT2D eigenvalue weighted by Crippen LogP contribution is 2.62. The molecule has 2 aliphatic rings. The molecule has 0 fully saturated rings. The van der Waals surface area contributed by atoms with E-state index < -0.39 is 5.41 Å². The maximum atomic E-state index is 6.57. The summed E-state index contributed by atoms with van der Waals surface area (Å²) in [7, 11) is 0. The van der Waals surface area contributed by atoms with E-state index in [0.29, 0.717) is 0 Å². The number of rotatable bonds is 4. The molecule has 0 amide bonds. The number of hydrogen-bond donors (Lipinski definition) is 0. The summed E-state index contributed by atoms with van der Waals surface area (Å²) in [4.78, 5) is 10.7. The van der Waals surface area contributed by atoms with Crippen LogP contribution in [0.1, 0.15) is 22.3 Å². The van der Waals surface area contributed by atoms with Crippen molar-refractivity contribution in [1.82, 2.24) is 9.97 Å². The summed E-state index contributed by atoms with van der Waals surface area (Å²) in [6, 6.07) is 74.2. The Morgan fingerprint density at radius 1 is 0.377 bits per heavy atom. The topological polar surface area (TPSA) is 35.0 Å². The van der Waals surface area contributed by atoms with Gasteiger partial charge in [0.25, 0.3) is 0 Å². The number of benzene rings is 9. The smallest absolute Gasteiger partial charge is 0.160 e. The van der Waals surface area contributed by atoms with Crippen LogP contribution in [0.3, 0.4) is 0 Å². The molecule has 2 aromatic heterocycles. The van der Waals surface area contributed by atoms with Crippen LogP contribution < -0.4 is 4.74 Å².